The average molecular weight is 111 g/mol. The summed E-state index contributed by atoms with van der Waals surface area (Å²) >= 11 is 0. The molecule has 0 aromatic carbocycles. The first-order valence-electron chi connectivity index (χ1n) is 2.98. The summed E-state index contributed by atoms with van der Waals surface area (Å²) in [6.07, 6.45) is 5.96. The van der Waals surface area contributed by atoms with Crippen LogP contribution in [-0.2, 0) is 4.74 Å². The maximum atomic E-state index is 4.83. The zero-order chi connectivity index (χ0) is 5.82. The maximum Gasteiger partial charge on any atom is 0.108 e. The first-order valence-corrected chi connectivity index (χ1v) is 2.98. The Balaban J connectivity index is 2.23. The van der Waals surface area contributed by atoms with Gasteiger partial charge in [0.2, 0.25) is 0 Å². The minimum absolute atomic E-state index is 1.20. The highest BCUT2D eigenvalue weighted by Gasteiger charge is 2.02. The number of allylic oxidation sites excluding steroid dienone is 1. The minimum atomic E-state index is 1.20. The van der Waals surface area contributed by atoms with Gasteiger partial charge in [-0.05, 0) is 24.8 Å². The van der Waals surface area contributed by atoms with Gasteiger partial charge in [0.05, 0.1) is 0 Å². The smallest absolute Gasteiger partial charge is 0.108 e. The summed E-state index contributed by atoms with van der Waals surface area (Å²) in [5.74, 6) is 0. The average Bonchev–Trinajstić information content (AvgIpc) is 2.19. The van der Waals surface area contributed by atoms with Crippen molar-refractivity contribution in [2.45, 2.75) is 19.3 Å². The van der Waals surface area contributed by atoms with Crippen LogP contribution in [0, 0.1) is 6.61 Å². The molecule has 0 aromatic rings. The molecule has 1 rings (SSSR count). The number of hydrogen-bond donors (Lipinski definition) is 0. The monoisotopic (exact) mass is 111 g/mol. The highest BCUT2D eigenvalue weighted by Crippen LogP contribution is 2.19. The number of rotatable bonds is 2. The van der Waals surface area contributed by atoms with E-state index < -0.39 is 0 Å². The Kier molecular flexibility index (Phi) is 2.10. The van der Waals surface area contributed by atoms with Crippen LogP contribution in [0.4, 0.5) is 0 Å². The lowest BCUT2D eigenvalue weighted by Gasteiger charge is -1.94. The summed E-state index contributed by atoms with van der Waals surface area (Å²) < 4.78 is 4.83. The predicted molar refractivity (Wildman–Crippen MR) is 33.2 cm³/mol. The molecule has 8 heavy (non-hydrogen) atoms. The molecule has 1 radical (unpaired) electrons. The van der Waals surface area contributed by atoms with E-state index in [4.69, 9.17) is 4.74 Å². The summed E-state index contributed by atoms with van der Waals surface area (Å²) in [6.45, 7) is 1.83. The Morgan fingerprint density at radius 3 is 3.12 bits per heavy atom. The van der Waals surface area contributed by atoms with Crippen LogP contribution >= 0.6 is 0 Å². The van der Waals surface area contributed by atoms with Gasteiger partial charge < -0.3 is 4.74 Å². The van der Waals surface area contributed by atoms with Crippen LogP contribution in [0.25, 0.3) is 0 Å². The van der Waals surface area contributed by atoms with E-state index in [1.54, 1.807) is 7.11 Å². The highest BCUT2D eigenvalue weighted by atomic mass is 16.5. The molecule has 0 unspecified atom stereocenters. The molecular weight excluding hydrogens is 100 g/mol. The van der Waals surface area contributed by atoms with E-state index in [0.717, 1.165) is 0 Å². The highest BCUT2D eigenvalue weighted by molar-refractivity contribution is 5.13. The van der Waals surface area contributed by atoms with Crippen LogP contribution in [0.5, 0.6) is 0 Å². The normalized spacial score (nSPS) is 18.9. The Morgan fingerprint density at radius 1 is 1.75 bits per heavy atom. The molecule has 1 heteroatoms. The maximum absolute atomic E-state index is 4.83. The van der Waals surface area contributed by atoms with Crippen molar-refractivity contribution in [1.82, 2.24) is 0 Å². The Bertz CT molecular complexity index is 94.6. The molecule has 1 nitrogen and oxygen atoms in total. The van der Waals surface area contributed by atoms with Crippen LogP contribution in [0.1, 0.15) is 19.3 Å². The molecule has 0 spiro atoms. The predicted octanol–water partition coefficient (Wildman–Crippen LogP) is 1.90. The van der Waals surface area contributed by atoms with Crippen LogP contribution in [0.15, 0.2) is 11.6 Å². The SMILES string of the molecule is CO[CH]C1=CCCC1. The molecule has 0 amide bonds. The third-order valence-corrected chi connectivity index (χ3v) is 1.35. The standard InChI is InChI=1S/C7H11O/c1-8-6-7-4-2-3-5-7/h4,6H,2-3,5H2,1H3. The molecule has 1 aliphatic carbocycles. The van der Waals surface area contributed by atoms with E-state index in [1.807, 2.05) is 6.61 Å². The van der Waals surface area contributed by atoms with Crippen molar-refractivity contribution in [1.29, 1.82) is 0 Å². The van der Waals surface area contributed by atoms with Crippen LogP contribution in [0.2, 0.25) is 0 Å². The van der Waals surface area contributed by atoms with Gasteiger partial charge in [-0.2, -0.15) is 0 Å². The molecule has 0 saturated carbocycles. The number of ether oxygens (including phenoxy) is 1. The Morgan fingerprint density at radius 2 is 2.62 bits per heavy atom. The summed E-state index contributed by atoms with van der Waals surface area (Å²) in [5, 5.41) is 0. The van der Waals surface area contributed by atoms with Crippen LogP contribution in [0.3, 0.4) is 0 Å². The van der Waals surface area contributed by atoms with Gasteiger partial charge >= 0.3 is 0 Å². The van der Waals surface area contributed by atoms with Gasteiger partial charge in [-0.15, -0.1) is 0 Å². The first kappa shape index (κ1) is 5.83. The van der Waals surface area contributed by atoms with Crippen molar-refractivity contribution in [2.75, 3.05) is 7.11 Å². The lowest BCUT2D eigenvalue weighted by molar-refractivity contribution is 0.288. The fraction of sp³-hybridized carbons (Fsp3) is 0.571. The van der Waals surface area contributed by atoms with Gasteiger partial charge in [-0.1, -0.05) is 6.08 Å². The van der Waals surface area contributed by atoms with Crippen molar-refractivity contribution in [3.8, 4) is 0 Å². The van der Waals surface area contributed by atoms with Crippen molar-refractivity contribution >= 4 is 0 Å². The summed E-state index contributed by atoms with van der Waals surface area (Å²) in [4.78, 5) is 0. The fourth-order valence-electron chi connectivity index (χ4n) is 0.954. The van der Waals surface area contributed by atoms with Crippen LogP contribution < -0.4 is 0 Å². The molecular formula is C7H11O. The van der Waals surface area contributed by atoms with E-state index in [-0.39, 0.29) is 0 Å². The van der Waals surface area contributed by atoms with Crippen molar-refractivity contribution in [3.63, 3.8) is 0 Å². The zero-order valence-corrected chi connectivity index (χ0v) is 5.18. The second-order valence-corrected chi connectivity index (χ2v) is 2.02. The lowest BCUT2D eigenvalue weighted by atomic mass is 10.2. The van der Waals surface area contributed by atoms with E-state index in [9.17, 15) is 0 Å². The molecule has 0 aliphatic heterocycles. The second-order valence-electron chi connectivity index (χ2n) is 2.02. The van der Waals surface area contributed by atoms with Gasteiger partial charge in [-0.3, -0.25) is 0 Å². The molecule has 0 fully saturated rings. The third-order valence-electron chi connectivity index (χ3n) is 1.35. The second kappa shape index (κ2) is 2.88. The summed E-state index contributed by atoms with van der Waals surface area (Å²) in [7, 11) is 1.69. The number of methoxy groups -OCH3 is 1. The quantitative estimate of drug-likeness (QED) is 0.529. The van der Waals surface area contributed by atoms with Crippen LogP contribution in [-0.4, -0.2) is 7.11 Å². The third kappa shape index (κ3) is 1.34. The van der Waals surface area contributed by atoms with Gasteiger partial charge in [-0.25, -0.2) is 0 Å². The van der Waals surface area contributed by atoms with Crippen molar-refractivity contribution in [2.24, 2.45) is 0 Å². The molecule has 45 valence electrons. The van der Waals surface area contributed by atoms with Crippen molar-refractivity contribution < 1.29 is 4.74 Å². The van der Waals surface area contributed by atoms with E-state index in [0.29, 0.717) is 0 Å². The van der Waals surface area contributed by atoms with Gasteiger partial charge in [0.15, 0.2) is 0 Å². The lowest BCUT2D eigenvalue weighted by Crippen LogP contribution is -1.81. The van der Waals surface area contributed by atoms with Crippen molar-refractivity contribution in [3.05, 3.63) is 18.3 Å². The molecule has 0 saturated heterocycles. The largest absolute Gasteiger partial charge is 0.374 e. The number of hydrogen-bond acceptors (Lipinski definition) is 1. The summed E-state index contributed by atoms with van der Waals surface area (Å²) in [5.41, 5.74) is 1.35. The van der Waals surface area contributed by atoms with Gasteiger partial charge in [0, 0.05) is 7.11 Å². The molecule has 0 heterocycles. The van der Waals surface area contributed by atoms with E-state index in [2.05, 4.69) is 6.08 Å². The first-order chi connectivity index (χ1) is 3.93. The van der Waals surface area contributed by atoms with E-state index in [1.165, 1.54) is 24.8 Å². The molecule has 0 atom stereocenters. The molecule has 0 aromatic heterocycles. The topological polar surface area (TPSA) is 9.23 Å². The van der Waals surface area contributed by atoms with Gasteiger partial charge in [0.25, 0.3) is 0 Å². The Hall–Kier alpha value is -0.300. The zero-order valence-electron chi connectivity index (χ0n) is 5.18. The molecule has 0 N–H and O–H groups in total. The minimum Gasteiger partial charge on any atom is -0.374 e. The summed E-state index contributed by atoms with van der Waals surface area (Å²) in [6, 6.07) is 0. The van der Waals surface area contributed by atoms with E-state index >= 15 is 0 Å². The van der Waals surface area contributed by atoms with Gasteiger partial charge in [0.1, 0.15) is 6.61 Å². The molecule has 0 bridgehead atoms. The Labute approximate surface area is 50.3 Å². The fourth-order valence-corrected chi connectivity index (χ4v) is 0.954. The molecule has 1 aliphatic rings.